The molecule has 0 spiro atoms. The Morgan fingerprint density at radius 2 is 2.10 bits per heavy atom. The van der Waals surface area contributed by atoms with E-state index < -0.39 is 0 Å². The van der Waals surface area contributed by atoms with Crippen LogP contribution in [0.25, 0.3) is 11.3 Å². The maximum absolute atomic E-state index is 11.5. The van der Waals surface area contributed by atoms with Crippen LogP contribution >= 0.6 is 11.8 Å². The fourth-order valence-electron chi connectivity index (χ4n) is 1.69. The number of hydrogen-bond donors (Lipinski definition) is 1. The number of carbonyl (C=O) groups excluding carboxylic acids is 1. The van der Waals surface area contributed by atoms with Crippen molar-refractivity contribution in [2.75, 3.05) is 12.3 Å². The standard InChI is InChI=1S/C16H15N3OS/c1-3-9-17-15(20)11-21-16-18-12(2)10-14(19-16)13-7-5-4-6-8-13/h1,4-8,10H,9,11H2,2H3,(H,17,20). The lowest BCUT2D eigenvalue weighted by molar-refractivity contribution is -0.118. The molecule has 21 heavy (non-hydrogen) atoms. The van der Waals surface area contributed by atoms with Crippen molar-refractivity contribution in [2.24, 2.45) is 0 Å². The quantitative estimate of drug-likeness (QED) is 0.523. The van der Waals surface area contributed by atoms with Gasteiger partial charge in [0.2, 0.25) is 5.91 Å². The molecule has 1 heterocycles. The molecular formula is C16H15N3OS. The third kappa shape index (κ3) is 4.62. The van der Waals surface area contributed by atoms with Crippen LogP contribution in [0, 0.1) is 19.3 Å². The van der Waals surface area contributed by atoms with Gasteiger partial charge in [-0.1, -0.05) is 48.0 Å². The van der Waals surface area contributed by atoms with Crippen LogP contribution in [0.1, 0.15) is 5.69 Å². The van der Waals surface area contributed by atoms with E-state index in [0.717, 1.165) is 17.0 Å². The van der Waals surface area contributed by atoms with Gasteiger partial charge in [-0.05, 0) is 13.0 Å². The molecule has 0 saturated carbocycles. The topological polar surface area (TPSA) is 54.9 Å². The van der Waals surface area contributed by atoms with Gasteiger partial charge < -0.3 is 5.32 Å². The van der Waals surface area contributed by atoms with Crippen molar-refractivity contribution in [3.05, 3.63) is 42.1 Å². The molecule has 0 radical (unpaired) electrons. The Morgan fingerprint density at radius 3 is 2.81 bits per heavy atom. The van der Waals surface area contributed by atoms with E-state index in [1.807, 2.05) is 43.3 Å². The Labute approximate surface area is 128 Å². The maximum atomic E-state index is 11.5. The molecule has 0 atom stereocenters. The van der Waals surface area contributed by atoms with Crippen molar-refractivity contribution in [3.8, 4) is 23.6 Å². The van der Waals surface area contributed by atoms with Crippen molar-refractivity contribution < 1.29 is 4.79 Å². The van der Waals surface area contributed by atoms with Crippen molar-refractivity contribution >= 4 is 17.7 Å². The van der Waals surface area contributed by atoms with Gasteiger partial charge in [-0.2, -0.15) is 0 Å². The molecule has 0 aliphatic heterocycles. The second-order valence-electron chi connectivity index (χ2n) is 4.31. The predicted molar refractivity (Wildman–Crippen MR) is 84.8 cm³/mol. The molecule has 106 valence electrons. The zero-order chi connectivity index (χ0) is 15.1. The van der Waals surface area contributed by atoms with E-state index in [0.29, 0.717) is 5.16 Å². The Hall–Kier alpha value is -2.32. The first-order valence-corrected chi connectivity index (χ1v) is 7.41. The number of amides is 1. The fourth-order valence-corrected chi connectivity index (χ4v) is 2.43. The molecule has 2 rings (SSSR count). The van der Waals surface area contributed by atoms with Gasteiger partial charge in [-0.15, -0.1) is 6.42 Å². The minimum atomic E-state index is -0.121. The first-order chi connectivity index (χ1) is 10.2. The van der Waals surface area contributed by atoms with Gasteiger partial charge >= 0.3 is 0 Å². The number of aromatic nitrogens is 2. The van der Waals surface area contributed by atoms with Gasteiger partial charge in [-0.25, -0.2) is 9.97 Å². The lowest BCUT2D eigenvalue weighted by atomic mass is 10.1. The van der Waals surface area contributed by atoms with Crippen LogP contribution in [0.4, 0.5) is 0 Å². The summed E-state index contributed by atoms with van der Waals surface area (Å²) in [5.74, 6) is 2.49. The lowest BCUT2D eigenvalue weighted by Gasteiger charge is -2.06. The highest BCUT2D eigenvalue weighted by atomic mass is 32.2. The van der Waals surface area contributed by atoms with E-state index in [9.17, 15) is 4.79 Å². The number of rotatable bonds is 5. The molecule has 1 aromatic carbocycles. The largest absolute Gasteiger partial charge is 0.344 e. The second-order valence-corrected chi connectivity index (χ2v) is 5.26. The third-order valence-electron chi connectivity index (χ3n) is 2.62. The van der Waals surface area contributed by atoms with E-state index in [1.54, 1.807) is 0 Å². The number of nitrogens with one attached hydrogen (secondary N) is 1. The Kier molecular flexibility index (Phi) is 5.35. The highest BCUT2D eigenvalue weighted by Gasteiger charge is 2.07. The summed E-state index contributed by atoms with van der Waals surface area (Å²) >= 11 is 1.30. The molecule has 0 aliphatic rings. The Bertz CT molecular complexity index is 665. The van der Waals surface area contributed by atoms with Crippen LogP contribution in [0.5, 0.6) is 0 Å². The molecule has 0 fully saturated rings. The zero-order valence-corrected chi connectivity index (χ0v) is 12.5. The van der Waals surface area contributed by atoms with Crippen LogP contribution in [-0.4, -0.2) is 28.2 Å². The first-order valence-electron chi connectivity index (χ1n) is 6.43. The average Bonchev–Trinajstić information content (AvgIpc) is 2.51. The minimum Gasteiger partial charge on any atom is -0.344 e. The van der Waals surface area contributed by atoms with E-state index in [2.05, 4.69) is 21.2 Å². The van der Waals surface area contributed by atoms with Gasteiger partial charge in [0.1, 0.15) is 0 Å². The summed E-state index contributed by atoms with van der Waals surface area (Å²) in [5, 5.41) is 3.20. The zero-order valence-electron chi connectivity index (χ0n) is 11.7. The smallest absolute Gasteiger partial charge is 0.231 e. The molecule has 5 heteroatoms. The van der Waals surface area contributed by atoms with Gasteiger partial charge in [0.25, 0.3) is 0 Å². The molecule has 0 unspecified atom stereocenters. The summed E-state index contributed by atoms with van der Waals surface area (Å²) in [6.45, 7) is 2.15. The number of terminal acetylenes is 1. The summed E-state index contributed by atoms with van der Waals surface area (Å²) in [6.07, 6.45) is 5.09. The number of thioether (sulfide) groups is 1. The molecule has 0 aliphatic carbocycles. The molecule has 1 amide bonds. The summed E-state index contributed by atoms with van der Waals surface area (Å²) < 4.78 is 0. The van der Waals surface area contributed by atoms with E-state index in [1.165, 1.54) is 11.8 Å². The van der Waals surface area contributed by atoms with Crippen LogP contribution in [0.15, 0.2) is 41.6 Å². The summed E-state index contributed by atoms with van der Waals surface area (Å²) in [6, 6.07) is 11.8. The number of carbonyl (C=O) groups is 1. The normalized spacial score (nSPS) is 9.90. The Morgan fingerprint density at radius 1 is 1.33 bits per heavy atom. The molecule has 1 aromatic heterocycles. The fraction of sp³-hybridized carbons (Fsp3) is 0.188. The van der Waals surface area contributed by atoms with Crippen molar-refractivity contribution in [3.63, 3.8) is 0 Å². The number of hydrogen-bond acceptors (Lipinski definition) is 4. The van der Waals surface area contributed by atoms with Crippen molar-refractivity contribution in [2.45, 2.75) is 12.1 Å². The number of benzene rings is 1. The number of aryl methyl sites for hydroxylation is 1. The van der Waals surface area contributed by atoms with Crippen molar-refractivity contribution in [1.82, 2.24) is 15.3 Å². The van der Waals surface area contributed by atoms with E-state index >= 15 is 0 Å². The van der Waals surface area contributed by atoms with E-state index in [4.69, 9.17) is 6.42 Å². The second kappa shape index (κ2) is 7.46. The number of nitrogens with zero attached hydrogens (tertiary/aromatic N) is 2. The summed E-state index contributed by atoms with van der Waals surface area (Å²) in [4.78, 5) is 20.4. The lowest BCUT2D eigenvalue weighted by Crippen LogP contribution is -2.25. The van der Waals surface area contributed by atoms with Crippen LogP contribution in [-0.2, 0) is 4.79 Å². The van der Waals surface area contributed by atoms with Crippen LogP contribution in [0.2, 0.25) is 0 Å². The SMILES string of the molecule is C#CCNC(=O)CSc1nc(C)cc(-c2ccccc2)n1. The molecule has 4 nitrogen and oxygen atoms in total. The van der Waals surface area contributed by atoms with Crippen LogP contribution in [0.3, 0.4) is 0 Å². The monoisotopic (exact) mass is 297 g/mol. The molecule has 2 aromatic rings. The average molecular weight is 297 g/mol. The highest BCUT2D eigenvalue weighted by Crippen LogP contribution is 2.21. The molecule has 0 bridgehead atoms. The third-order valence-corrected chi connectivity index (χ3v) is 3.47. The molecule has 0 saturated heterocycles. The van der Waals surface area contributed by atoms with Gasteiger partial charge in [-0.3, -0.25) is 4.79 Å². The van der Waals surface area contributed by atoms with E-state index in [-0.39, 0.29) is 18.2 Å². The van der Waals surface area contributed by atoms with Gasteiger partial charge in [0.05, 0.1) is 18.0 Å². The van der Waals surface area contributed by atoms with Crippen LogP contribution < -0.4 is 5.32 Å². The minimum absolute atomic E-state index is 0.121. The Balaban J connectivity index is 2.09. The molecular weight excluding hydrogens is 282 g/mol. The van der Waals surface area contributed by atoms with Gasteiger partial charge in [0, 0.05) is 11.3 Å². The summed E-state index contributed by atoms with van der Waals surface area (Å²) in [5.41, 5.74) is 2.76. The maximum Gasteiger partial charge on any atom is 0.231 e. The highest BCUT2D eigenvalue weighted by molar-refractivity contribution is 7.99. The van der Waals surface area contributed by atoms with Crippen molar-refractivity contribution in [1.29, 1.82) is 0 Å². The first kappa shape index (κ1) is 15.1. The predicted octanol–water partition coefficient (Wildman–Crippen LogP) is 2.29. The molecule has 1 N–H and O–H groups in total. The summed E-state index contributed by atoms with van der Waals surface area (Å²) in [7, 11) is 0. The van der Waals surface area contributed by atoms with Gasteiger partial charge in [0.15, 0.2) is 5.16 Å².